The largest absolute Gasteiger partial charge is 0.394 e. The van der Waals surface area contributed by atoms with Crippen molar-refractivity contribution in [3.63, 3.8) is 0 Å². The monoisotopic (exact) mass is 377 g/mol. The number of benzene rings is 1. The number of piperazine rings is 1. The molecule has 6 nitrogen and oxygen atoms in total. The molecule has 0 aliphatic carbocycles. The quantitative estimate of drug-likeness (QED) is 0.884. The molecule has 0 saturated carbocycles. The third-order valence-corrected chi connectivity index (χ3v) is 5.65. The molecule has 2 amide bonds. The molecule has 1 aromatic heterocycles. The summed E-state index contributed by atoms with van der Waals surface area (Å²) in [4.78, 5) is 32.8. The normalized spacial score (nSPS) is 24.2. The van der Waals surface area contributed by atoms with Crippen LogP contribution in [0.3, 0.4) is 0 Å². The molecule has 3 heterocycles. The molecule has 6 heteroatoms. The van der Waals surface area contributed by atoms with Gasteiger partial charge in [-0.25, -0.2) is 0 Å². The van der Waals surface area contributed by atoms with E-state index in [1.54, 1.807) is 34.3 Å². The maximum absolute atomic E-state index is 12.8. The van der Waals surface area contributed by atoms with Gasteiger partial charge in [-0.2, -0.15) is 0 Å². The molecule has 28 heavy (non-hydrogen) atoms. The van der Waals surface area contributed by atoms with E-state index in [-0.39, 0.29) is 43.0 Å². The van der Waals surface area contributed by atoms with Crippen LogP contribution in [0.15, 0.2) is 54.9 Å². The minimum Gasteiger partial charge on any atom is -0.394 e. The van der Waals surface area contributed by atoms with Gasteiger partial charge < -0.3 is 14.9 Å². The maximum Gasteiger partial charge on any atom is 0.254 e. The lowest BCUT2D eigenvalue weighted by Crippen LogP contribution is -2.73. The third-order valence-electron chi connectivity index (χ3n) is 5.65. The van der Waals surface area contributed by atoms with Gasteiger partial charge in [-0.05, 0) is 30.2 Å². The first-order valence-electron chi connectivity index (χ1n) is 9.48. The van der Waals surface area contributed by atoms with Crippen molar-refractivity contribution in [3.05, 3.63) is 71.6 Å². The summed E-state index contributed by atoms with van der Waals surface area (Å²) in [6.45, 7) is 2.40. The highest BCUT2D eigenvalue weighted by atomic mass is 16.3. The van der Waals surface area contributed by atoms with Crippen LogP contribution in [0.2, 0.25) is 0 Å². The Kier molecular flexibility index (Phi) is 4.96. The summed E-state index contributed by atoms with van der Waals surface area (Å²) < 4.78 is 0. The summed E-state index contributed by atoms with van der Waals surface area (Å²) in [5.74, 6) is -0.258. The average molecular weight is 377 g/mol. The molecule has 2 fully saturated rings. The standard InChI is InChI=1S/C22H23N3O3/c1-2-3-15-4-6-16(7-5-15)21-18-12-24(13-20(27)25(18)19(21)14-26)22(28)17-8-10-23-11-9-17/h2-11,18-19,21,26H,12-14H2,1H3/t18-,19+,21-/m0/s1. The second-order valence-corrected chi connectivity index (χ2v) is 7.23. The molecule has 4 rings (SSSR count). The fraction of sp³-hybridized carbons (Fsp3) is 0.318. The second kappa shape index (κ2) is 7.56. The SMILES string of the molecule is CC=Cc1ccc([C@@H]2[C@@H](CO)N3C(=O)CN(C(=O)c4ccncc4)C[C@@H]23)cc1. The summed E-state index contributed by atoms with van der Waals surface area (Å²) in [5, 5.41) is 9.87. The lowest BCUT2D eigenvalue weighted by Gasteiger charge is -2.58. The highest BCUT2D eigenvalue weighted by molar-refractivity contribution is 5.97. The lowest BCUT2D eigenvalue weighted by atomic mass is 9.73. The van der Waals surface area contributed by atoms with Gasteiger partial charge in [0.15, 0.2) is 0 Å². The Bertz CT molecular complexity index is 895. The number of aliphatic hydroxyl groups is 1. The lowest BCUT2D eigenvalue weighted by molar-refractivity contribution is -0.159. The number of carbonyl (C=O) groups is 2. The number of amides is 2. The van der Waals surface area contributed by atoms with Crippen LogP contribution in [0.25, 0.3) is 6.08 Å². The number of hydrogen-bond donors (Lipinski definition) is 1. The van der Waals surface area contributed by atoms with E-state index in [1.165, 1.54) is 0 Å². The Morgan fingerprint density at radius 3 is 2.57 bits per heavy atom. The van der Waals surface area contributed by atoms with Crippen LogP contribution in [0, 0.1) is 0 Å². The number of pyridine rings is 1. The van der Waals surface area contributed by atoms with Gasteiger partial charge in [-0.15, -0.1) is 0 Å². The van der Waals surface area contributed by atoms with Crippen LogP contribution >= 0.6 is 0 Å². The molecule has 1 aromatic carbocycles. The first-order valence-corrected chi connectivity index (χ1v) is 9.48. The highest BCUT2D eigenvalue weighted by Gasteiger charge is 2.54. The topological polar surface area (TPSA) is 73.7 Å². The van der Waals surface area contributed by atoms with Crippen LogP contribution in [-0.2, 0) is 4.79 Å². The number of aliphatic hydroxyl groups excluding tert-OH is 1. The first kappa shape index (κ1) is 18.4. The number of nitrogens with zero attached hydrogens (tertiary/aromatic N) is 3. The van der Waals surface area contributed by atoms with Crippen molar-refractivity contribution in [2.24, 2.45) is 0 Å². The zero-order chi connectivity index (χ0) is 19.7. The molecular weight excluding hydrogens is 354 g/mol. The fourth-order valence-corrected chi connectivity index (χ4v) is 4.35. The maximum atomic E-state index is 12.8. The van der Waals surface area contributed by atoms with Crippen LogP contribution in [-0.4, -0.2) is 63.5 Å². The van der Waals surface area contributed by atoms with Gasteiger partial charge in [0, 0.05) is 30.4 Å². The Morgan fingerprint density at radius 2 is 1.93 bits per heavy atom. The van der Waals surface area contributed by atoms with E-state index in [9.17, 15) is 14.7 Å². The van der Waals surface area contributed by atoms with Gasteiger partial charge in [0.25, 0.3) is 5.91 Å². The van der Waals surface area contributed by atoms with E-state index in [0.29, 0.717) is 12.1 Å². The molecular formula is C22H23N3O3. The highest BCUT2D eigenvalue weighted by Crippen LogP contribution is 2.43. The Labute approximate surface area is 164 Å². The number of fused-ring (bicyclic) bond motifs is 1. The van der Waals surface area contributed by atoms with E-state index in [2.05, 4.69) is 4.98 Å². The van der Waals surface area contributed by atoms with Crippen molar-refractivity contribution in [1.29, 1.82) is 0 Å². The van der Waals surface area contributed by atoms with Crippen molar-refractivity contribution in [2.75, 3.05) is 19.7 Å². The van der Waals surface area contributed by atoms with Gasteiger partial charge >= 0.3 is 0 Å². The summed E-state index contributed by atoms with van der Waals surface area (Å²) in [6.07, 6.45) is 7.16. The molecule has 1 N–H and O–H groups in total. The molecule has 0 radical (unpaired) electrons. The predicted molar refractivity (Wildman–Crippen MR) is 106 cm³/mol. The van der Waals surface area contributed by atoms with Gasteiger partial charge in [-0.1, -0.05) is 36.4 Å². The fourth-order valence-electron chi connectivity index (χ4n) is 4.35. The zero-order valence-corrected chi connectivity index (χ0v) is 15.7. The molecule has 2 aromatic rings. The summed E-state index contributed by atoms with van der Waals surface area (Å²) in [7, 11) is 0. The van der Waals surface area contributed by atoms with Gasteiger partial charge in [-0.3, -0.25) is 14.6 Å². The number of rotatable bonds is 4. The van der Waals surface area contributed by atoms with Crippen LogP contribution in [0.4, 0.5) is 0 Å². The third kappa shape index (κ3) is 3.10. The molecule has 0 bridgehead atoms. The number of hydrogen-bond acceptors (Lipinski definition) is 4. The van der Waals surface area contributed by atoms with Crippen LogP contribution < -0.4 is 0 Å². The summed E-state index contributed by atoms with van der Waals surface area (Å²) in [6, 6.07) is 11.2. The summed E-state index contributed by atoms with van der Waals surface area (Å²) in [5.41, 5.74) is 2.72. The molecule has 2 saturated heterocycles. The van der Waals surface area contributed by atoms with Gasteiger partial charge in [0.05, 0.1) is 18.7 Å². The van der Waals surface area contributed by atoms with Crippen molar-refractivity contribution in [2.45, 2.75) is 24.9 Å². The Hall–Kier alpha value is -2.99. The van der Waals surface area contributed by atoms with Gasteiger partial charge in [0.1, 0.15) is 6.54 Å². The predicted octanol–water partition coefficient (Wildman–Crippen LogP) is 1.93. The van der Waals surface area contributed by atoms with Crippen LogP contribution in [0.5, 0.6) is 0 Å². The van der Waals surface area contributed by atoms with E-state index < -0.39 is 0 Å². The van der Waals surface area contributed by atoms with Crippen molar-refractivity contribution >= 4 is 17.9 Å². The molecule has 3 atom stereocenters. The minimum atomic E-state index is -0.233. The van der Waals surface area contributed by atoms with E-state index in [4.69, 9.17) is 0 Å². The minimum absolute atomic E-state index is 0.0154. The van der Waals surface area contributed by atoms with E-state index in [1.807, 2.05) is 43.3 Å². The number of aromatic nitrogens is 1. The molecule has 0 unspecified atom stereocenters. The average Bonchev–Trinajstić information content (AvgIpc) is 2.71. The van der Waals surface area contributed by atoms with Crippen molar-refractivity contribution in [1.82, 2.24) is 14.8 Å². The van der Waals surface area contributed by atoms with E-state index in [0.717, 1.165) is 11.1 Å². The first-order chi connectivity index (χ1) is 13.6. The van der Waals surface area contributed by atoms with Crippen molar-refractivity contribution < 1.29 is 14.7 Å². The summed E-state index contributed by atoms with van der Waals surface area (Å²) >= 11 is 0. The molecule has 144 valence electrons. The zero-order valence-electron chi connectivity index (χ0n) is 15.7. The van der Waals surface area contributed by atoms with E-state index >= 15 is 0 Å². The number of allylic oxidation sites excluding steroid dienone is 1. The van der Waals surface area contributed by atoms with Crippen molar-refractivity contribution in [3.8, 4) is 0 Å². The molecule has 0 spiro atoms. The second-order valence-electron chi connectivity index (χ2n) is 7.23. The number of carbonyl (C=O) groups excluding carboxylic acids is 2. The molecule has 2 aliphatic heterocycles. The Balaban J connectivity index is 1.58. The Morgan fingerprint density at radius 1 is 1.21 bits per heavy atom. The van der Waals surface area contributed by atoms with Gasteiger partial charge in [0.2, 0.25) is 5.91 Å². The van der Waals surface area contributed by atoms with Crippen LogP contribution in [0.1, 0.15) is 34.3 Å². The smallest absolute Gasteiger partial charge is 0.254 e. The molecule has 2 aliphatic rings.